The highest BCUT2D eigenvalue weighted by molar-refractivity contribution is 5.95. The van der Waals surface area contributed by atoms with Gasteiger partial charge in [0.05, 0.1) is 11.7 Å². The van der Waals surface area contributed by atoms with E-state index in [1.165, 1.54) is 11.6 Å². The second-order valence-electron chi connectivity index (χ2n) is 5.20. The number of carbonyl (C=O) groups is 1. The fraction of sp³-hybridized carbons (Fsp3) is 0.125. The van der Waals surface area contributed by atoms with Gasteiger partial charge < -0.3 is 5.32 Å². The third kappa shape index (κ3) is 3.21. The molecule has 2 aromatic carbocycles. The molecule has 0 radical (unpaired) electrons. The number of halogens is 3. The highest BCUT2D eigenvalue weighted by Gasteiger charge is 2.24. The summed E-state index contributed by atoms with van der Waals surface area (Å²) >= 11 is 0. The summed E-state index contributed by atoms with van der Waals surface area (Å²) in [6.07, 6.45) is 0. The lowest BCUT2D eigenvalue weighted by molar-refractivity contribution is 0.0928. The van der Waals surface area contributed by atoms with Crippen LogP contribution < -0.4 is 5.32 Å². The fourth-order valence-corrected chi connectivity index (χ4v) is 2.29. The van der Waals surface area contributed by atoms with Crippen LogP contribution in [0.25, 0.3) is 5.69 Å². The first-order valence-electron chi connectivity index (χ1n) is 7.27. The summed E-state index contributed by atoms with van der Waals surface area (Å²) in [5, 5.41) is 13.6. The van der Waals surface area contributed by atoms with Crippen molar-refractivity contribution < 1.29 is 18.0 Å². The van der Waals surface area contributed by atoms with Gasteiger partial charge in [-0.05, 0) is 41.6 Å². The predicted octanol–water partition coefficient (Wildman–Crippen LogP) is 2.57. The number of rotatable bonds is 4. The van der Waals surface area contributed by atoms with E-state index in [2.05, 4.69) is 20.8 Å². The van der Waals surface area contributed by atoms with Crippen LogP contribution in [0.1, 0.15) is 29.1 Å². The summed E-state index contributed by atoms with van der Waals surface area (Å²) in [5.41, 5.74) is -0.350. The maximum atomic E-state index is 13.7. The third-order valence-electron chi connectivity index (χ3n) is 3.50. The second-order valence-corrected chi connectivity index (χ2v) is 5.20. The molecule has 1 aromatic heterocycles. The molecule has 1 amide bonds. The highest BCUT2D eigenvalue weighted by atomic mass is 19.2. The van der Waals surface area contributed by atoms with Gasteiger partial charge in [-0.3, -0.25) is 4.79 Å². The minimum absolute atomic E-state index is 0.247. The van der Waals surface area contributed by atoms with E-state index in [4.69, 9.17) is 0 Å². The fourth-order valence-electron chi connectivity index (χ4n) is 2.29. The Morgan fingerprint density at radius 2 is 1.76 bits per heavy atom. The largest absolute Gasteiger partial charge is 0.342 e. The number of benzene rings is 2. The van der Waals surface area contributed by atoms with Crippen molar-refractivity contribution in [2.75, 3.05) is 0 Å². The van der Waals surface area contributed by atoms with E-state index in [1.54, 1.807) is 24.3 Å². The maximum absolute atomic E-state index is 13.7. The first kappa shape index (κ1) is 16.6. The van der Waals surface area contributed by atoms with Gasteiger partial charge >= 0.3 is 0 Å². The van der Waals surface area contributed by atoms with Gasteiger partial charge in [0.1, 0.15) is 11.4 Å². The number of amides is 1. The van der Waals surface area contributed by atoms with Gasteiger partial charge in [0, 0.05) is 0 Å². The minimum Gasteiger partial charge on any atom is -0.342 e. The van der Waals surface area contributed by atoms with Crippen LogP contribution in [0.2, 0.25) is 0 Å². The standard InChI is InChI=1S/C16H12F3N5O/c1-9(15-21-22-23-24(15)10-5-3-2-4-6-10)20-16(25)13-11(17)7-8-12(18)14(13)19/h2-9H,1H3,(H,20,25)/t9-/m1/s1. The number of hydrogen-bond donors (Lipinski definition) is 1. The SMILES string of the molecule is C[C@@H](NC(=O)c1c(F)ccc(F)c1F)c1nnnn1-c1ccccc1. The smallest absolute Gasteiger partial charge is 0.257 e. The van der Waals surface area contributed by atoms with Gasteiger partial charge in [0.15, 0.2) is 17.5 Å². The van der Waals surface area contributed by atoms with E-state index < -0.39 is 35.0 Å². The van der Waals surface area contributed by atoms with Crippen LogP contribution in [-0.2, 0) is 0 Å². The lowest BCUT2D eigenvalue weighted by atomic mass is 10.1. The molecule has 0 saturated carbocycles. The summed E-state index contributed by atoms with van der Waals surface area (Å²) in [7, 11) is 0. The van der Waals surface area contributed by atoms with Crippen molar-refractivity contribution in [3.63, 3.8) is 0 Å². The van der Waals surface area contributed by atoms with Gasteiger partial charge in [-0.15, -0.1) is 5.10 Å². The van der Waals surface area contributed by atoms with Crippen LogP contribution in [0.5, 0.6) is 0 Å². The quantitative estimate of drug-likeness (QED) is 0.736. The molecular formula is C16H12F3N5O. The zero-order valence-corrected chi connectivity index (χ0v) is 12.9. The van der Waals surface area contributed by atoms with Gasteiger partial charge in [0.2, 0.25) is 0 Å². The summed E-state index contributed by atoms with van der Waals surface area (Å²) in [5.74, 6) is -4.88. The lowest BCUT2D eigenvalue weighted by Crippen LogP contribution is -2.30. The van der Waals surface area contributed by atoms with Crippen LogP contribution >= 0.6 is 0 Å². The van der Waals surface area contributed by atoms with Crippen LogP contribution in [0.4, 0.5) is 13.2 Å². The van der Waals surface area contributed by atoms with E-state index in [0.29, 0.717) is 17.8 Å². The molecule has 0 saturated heterocycles. The molecule has 0 aliphatic heterocycles. The van der Waals surface area contributed by atoms with Crippen LogP contribution in [0.3, 0.4) is 0 Å². The van der Waals surface area contributed by atoms with Crippen molar-refractivity contribution in [2.24, 2.45) is 0 Å². The van der Waals surface area contributed by atoms with E-state index in [1.807, 2.05) is 6.07 Å². The molecule has 9 heteroatoms. The third-order valence-corrected chi connectivity index (χ3v) is 3.50. The van der Waals surface area contributed by atoms with E-state index in [9.17, 15) is 18.0 Å². The van der Waals surface area contributed by atoms with E-state index >= 15 is 0 Å². The van der Waals surface area contributed by atoms with Crippen LogP contribution in [0.15, 0.2) is 42.5 Å². The van der Waals surface area contributed by atoms with Gasteiger partial charge in [-0.1, -0.05) is 18.2 Å². The predicted molar refractivity (Wildman–Crippen MR) is 81.4 cm³/mol. The summed E-state index contributed by atoms with van der Waals surface area (Å²) in [6.45, 7) is 1.54. The first-order valence-corrected chi connectivity index (χ1v) is 7.27. The Balaban J connectivity index is 1.87. The molecule has 3 aromatic rings. The number of aromatic nitrogens is 4. The molecule has 0 aliphatic rings. The van der Waals surface area contributed by atoms with Crippen molar-refractivity contribution in [2.45, 2.75) is 13.0 Å². The van der Waals surface area contributed by atoms with Gasteiger partial charge in [-0.25, -0.2) is 13.2 Å². The molecule has 0 bridgehead atoms. The molecule has 1 N–H and O–H groups in total. The second kappa shape index (κ2) is 6.71. The summed E-state index contributed by atoms with van der Waals surface area (Å²) < 4.78 is 42.1. The Kier molecular flexibility index (Phi) is 4.46. The number of para-hydroxylation sites is 1. The molecule has 128 valence electrons. The zero-order valence-electron chi connectivity index (χ0n) is 12.9. The van der Waals surface area contributed by atoms with E-state index in [-0.39, 0.29) is 5.82 Å². The van der Waals surface area contributed by atoms with Gasteiger partial charge in [-0.2, -0.15) is 4.68 Å². The molecule has 6 nitrogen and oxygen atoms in total. The van der Waals surface area contributed by atoms with Crippen molar-refractivity contribution in [1.82, 2.24) is 25.5 Å². The molecular weight excluding hydrogens is 335 g/mol. The molecule has 0 aliphatic carbocycles. The number of hydrogen-bond acceptors (Lipinski definition) is 4. The van der Waals surface area contributed by atoms with Crippen molar-refractivity contribution in [1.29, 1.82) is 0 Å². The van der Waals surface area contributed by atoms with E-state index in [0.717, 1.165) is 0 Å². The molecule has 0 unspecified atom stereocenters. The topological polar surface area (TPSA) is 72.7 Å². The molecule has 1 heterocycles. The van der Waals surface area contributed by atoms with Crippen molar-refractivity contribution in [3.8, 4) is 5.69 Å². The molecule has 0 spiro atoms. The summed E-state index contributed by atoms with van der Waals surface area (Å²) in [4.78, 5) is 12.2. The molecule has 1 atom stereocenters. The normalized spacial score (nSPS) is 12.0. The number of nitrogens with zero attached hydrogens (tertiary/aromatic N) is 4. The zero-order chi connectivity index (χ0) is 18.0. The lowest BCUT2D eigenvalue weighted by Gasteiger charge is -2.14. The van der Waals surface area contributed by atoms with Crippen molar-refractivity contribution >= 4 is 5.91 Å². The van der Waals surface area contributed by atoms with Gasteiger partial charge in [0.25, 0.3) is 5.91 Å². The average molecular weight is 347 g/mol. The number of carbonyl (C=O) groups excluding carboxylic acids is 1. The summed E-state index contributed by atoms with van der Waals surface area (Å²) in [6, 6.07) is 9.38. The number of tetrazole rings is 1. The number of nitrogens with one attached hydrogen (secondary N) is 1. The minimum atomic E-state index is -1.55. The first-order chi connectivity index (χ1) is 12.0. The van der Waals surface area contributed by atoms with Crippen LogP contribution in [0, 0.1) is 17.5 Å². The molecule has 0 fully saturated rings. The Morgan fingerprint density at radius 3 is 2.48 bits per heavy atom. The highest BCUT2D eigenvalue weighted by Crippen LogP contribution is 2.18. The molecule has 3 rings (SSSR count). The monoisotopic (exact) mass is 347 g/mol. The molecule has 25 heavy (non-hydrogen) atoms. The van der Waals surface area contributed by atoms with Crippen LogP contribution in [-0.4, -0.2) is 26.1 Å². The average Bonchev–Trinajstić information content (AvgIpc) is 3.09. The Labute approximate surface area is 140 Å². The Bertz CT molecular complexity index is 913. The Hall–Kier alpha value is -3.23. The van der Waals surface area contributed by atoms with Crippen molar-refractivity contribution in [3.05, 3.63) is 71.3 Å². The maximum Gasteiger partial charge on any atom is 0.257 e. The Morgan fingerprint density at radius 1 is 1.08 bits per heavy atom.